The van der Waals surface area contributed by atoms with Crippen LogP contribution in [0.5, 0.6) is 5.88 Å². The van der Waals surface area contributed by atoms with Crippen LogP contribution >= 0.6 is 0 Å². The normalized spacial score (nSPS) is 15.7. The molecule has 1 saturated carbocycles. The summed E-state index contributed by atoms with van der Waals surface area (Å²) in [6, 6.07) is 4.45. The molecule has 1 amide bonds. The van der Waals surface area contributed by atoms with Gasteiger partial charge < -0.3 is 10.5 Å². The summed E-state index contributed by atoms with van der Waals surface area (Å²) in [5.74, 6) is -1.05. The van der Waals surface area contributed by atoms with Gasteiger partial charge in [-0.1, -0.05) is 6.92 Å². The van der Waals surface area contributed by atoms with Crippen LogP contribution in [-0.2, 0) is 0 Å². The quantitative estimate of drug-likeness (QED) is 0.849. The first kappa shape index (κ1) is 13.5. The second-order valence-electron chi connectivity index (χ2n) is 5.57. The van der Waals surface area contributed by atoms with Gasteiger partial charge in [0.05, 0.1) is 12.2 Å². The molecular weight excluding hydrogens is 275 g/mol. The molecule has 0 saturated heterocycles. The van der Waals surface area contributed by atoms with E-state index in [0.717, 1.165) is 12.8 Å². The Bertz CT molecular complexity index is 694. The van der Waals surface area contributed by atoms with Crippen LogP contribution < -0.4 is 10.5 Å². The Balaban J connectivity index is 1.76. The number of hydrogen-bond donors (Lipinski definition) is 1. The van der Waals surface area contributed by atoms with Crippen LogP contribution in [0, 0.1) is 11.4 Å². The van der Waals surface area contributed by atoms with Crippen LogP contribution in [0.2, 0.25) is 0 Å². The molecule has 1 aliphatic carbocycles. The number of carbonyl (C=O) groups excluding carboxylic acids is 1. The van der Waals surface area contributed by atoms with Crippen LogP contribution in [0.25, 0.3) is 5.82 Å². The molecule has 0 unspecified atom stereocenters. The molecule has 2 N–H and O–H groups in total. The molecule has 1 aliphatic rings. The molecule has 21 heavy (non-hydrogen) atoms. The summed E-state index contributed by atoms with van der Waals surface area (Å²) in [6.45, 7) is 2.77. The number of nitrogens with two attached hydrogens (primary N) is 1. The number of amides is 1. The van der Waals surface area contributed by atoms with E-state index in [4.69, 9.17) is 10.5 Å². The molecule has 6 nitrogen and oxygen atoms in total. The van der Waals surface area contributed by atoms with Crippen molar-refractivity contribution in [1.82, 2.24) is 14.8 Å². The number of ether oxygens (including phenoxy) is 1. The highest BCUT2D eigenvalue weighted by Gasteiger charge is 2.38. The van der Waals surface area contributed by atoms with Crippen LogP contribution in [-0.4, -0.2) is 27.3 Å². The van der Waals surface area contributed by atoms with E-state index in [0.29, 0.717) is 12.5 Å². The van der Waals surface area contributed by atoms with Gasteiger partial charge in [0.25, 0.3) is 5.91 Å². The number of nitrogens with zero attached hydrogens (tertiary/aromatic N) is 3. The van der Waals surface area contributed by atoms with Crippen molar-refractivity contribution in [3.05, 3.63) is 35.9 Å². The summed E-state index contributed by atoms with van der Waals surface area (Å²) >= 11 is 0. The molecule has 2 heterocycles. The van der Waals surface area contributed by atoms with Gasteiger partial charge in [0.2, 0.25) is 11.8 Å². The van der Waals surface area contributed by atoms with Crippen LogP contribution in [0.4, 0.5) is 4.39 Å². The Labute approximate surface area is 120 Å². The molecule has 0 aliphatic heterocycles. The lowest BCUT2D eigenvalue weighted by Gasteiger charge is -2.08. The van der Waals surface area contributed by atoms with Crippen molar-refractivity contribution in [2.75, 3.05) is 6.61 Å². The van der Waals surface area contributed by atoms with Gasteiger partial charge in [-0.25, -0.2) is 4.68 Å². The fourth-order valence-electron chi connectivity index (χ4n) is 1.85. The molecule has 7 heteroatoms. The van der Waals surface area contributed by atoms with Gasteiger partial charge in [-0.3, -0.25) is 4.79 Å². The fraction of sp³-hybridized carbons (Fsp3) is 0.357. The summed E-state index contributed by atoms with van der Waals surface area (Å²) < 4.78 is 20.6. The minimum absolute atomic E-state index is 0.246. The topological polar surface area (TPSA) is 83.0 Å². The first-order chi connectivity index (χ1) is 9.97. The van der Waals surface area contributed by atoms with Crippen molar-refractivity contribution >= 4 is 5.91 Å². The van der Waals surface area contributed by atoms with E-state index in [1.165, 1.54) is 16.8 Å². The average molecular weight is 290 g/mol. The zero-order chi connectivity index (χ0) is 15.0. The molecule has 0 atom stereocenters. The SMILES string of the molecule is CC1(COc2ccn(-c3ccc(C(N)=O)c(F)n3)n2)CC1. The van der Waals surface area contributed by atoms with E-state index in [9.17, 15) is 9.18 Å². The maximum absolute atomic E-state index is 13.6. The highest BCUT2D eigenvalue weighted by molar-refractivity contribution is 5.92. The Morgan fingerprint density at radius 3 is 2.86 bits per heavy atom. The number of rotatable bonds is 5. The second kappa shape index (κ2) is 4.83. The molecule has 0 radical (unpaired) electrons. The minimum atomic E-state index is -0.913. The van der Waals surface area contributed by atoms with E-state index < -0.39 is 11.9 Å². The molecule has 2 aromatic rings. The number of carbonyl (C=O) groups is 1. The summed E-state index contributed by atoms with van der Waals surface area (Å²) in [7, 11) is 0. The smallest absolute Gasteiger partial charge is 0.253 e. The molecule has 2 aromatic heterocycles. The first-order valence-electron chi connectivity index (χ1n) is 6.62. The number of hydrogen-bond acceptors (Lipinski definition) is 4. The molecule has 110 valence electrons. The molecule has 0 bridgehead atoms. The lowest BCUT2D eigenvalue weighted by Crippen LogP contribution is -2.15. The van der Waals surface area contributed by atoms with Gasteiger partial charge in [0.15, 0.2) is 5.82 Å². The maximum Gasteiger partial charge on any atom is 0.253 e. The second-order valence-corrected chi connectivity index (χ2v) is 5.57. The molecule has 0 spiro atoms. The van der Waals surface area contributed by atoms with Gasteiger partial charge >= 0.3 is 0 Å². The monoisotopic (exact) mass is 290 g/mol. The third-order valence-electron chi connectivity index (χ3n) is 3.57. The van der Waals surface area contributed by atoms with Crippen molar-refractivity contribution in [1.29, 1.82) is 0 Å². The Hall–Kier alpha value is -2.44. The predicted molar refractivity (Wildman–Crippen MR) is 72.7 cm³/mol. The van der Waals surface area contributed by atoms with E-state index in [2.05, 4.69) is 17.0 Å². The molecule has 0 aromatic carbocycles. The third kappa shape index (κ3) is 2.86. The molecule has 3 rings (SSSR count). The lowest BCUT2D eigenvalue weighted by atomic mass is 10.2. The maximum atomic E-state index is 13.6. The van der Waals surface area contributed by atoms with Gasteiger partial charge in [-0.2, -0.15) is 9.37 Å². The summed E-state index contributed by atoms with van der Waals surface area (Å²) in [6.07, 6.45) is 3.94. The zero-order valence-corrected chi connectivity index (χ0v) is 11.5. The first-order valence-corrected chi connectivity index (χ1v) is 6.62. The highest BCUT2D eigenvalue weighted by Crippen LogP contribution is 2.44. The zero-order valence-electron chi connectivity index (χ0n) is 11.5. The standard InChI is InChI=1S/C14H15FN4O2/c1-14(5-6-14)8-21-11-4-7-19(18-11)10-3-2-9(13(16)20)12(15)17-10/h2-4,7H,5-6,8H2,1H3,(H2,16,20). The third-order valence-corrected chi connectivity index (χ3v) is 3.57. The Morgan fingerprint density at radius 1 is 1.48 bits per heavy atom. The molecular formula is C14H15FN4O2. The molecule has 1 fully saturated rings. The van der Waals surface area contributed by atoms with E-state index in [1.54, 1.807) is 12.3 Å². The summed E-state index contributed by atoms with van der Waals surface area (Å²) in [5.41, 5.74) is 5.05. The van der Waals surface area contributed by atoms with Gasteiger partial charge in [-0.05, 0) is 25.0 Å². The van der Waals surface area contributed by atoms with Crippen molar-refractivity contribution in [2.24, 2.45) is 11.1 Å². The van der Waals surface area contributed by atoms with Crippen molar-refractivity contribution < 1.29 is 13.9 Å². The summed E-state index contributed by atoms with van der Waals surface area (Å²) in [4.78, 5) is 14.6. The van der Waals surface area contributed by atoms with Gasteiger partial charge in [0.1, 0.15) is 0 Å². The number of aromatic nitrogens is 3. The van der Waals surface area contributed by atoms with E-state index >= 15 is 0 Å². The van der Waals surface area contributed by atoms with Crippen molar-refractivity contribution in [2.45, 2.75) is 19.8 Å². The number of primary amides is 1. The summed E-state index contributed by atoms with van der Waals surface area (Å²) in [5, 5.41) is 4.18. The number of pyridine rings is 1. The lowest BCUT2D eigenvalue weighted by molar-refractivity contribution is 0.0995. The largest absolute Gasteiger partial charge is 0.476 e. The predicted octanol–water partition coefficient (Wildman–Crippen LogP) is 1.68. The van der Waals surface area contributed by atoms with E-state index in [1.807, 2.05) is 0 Å². The van der Waals surface area contributed by atoms with Crippen LogP contribution in [0.15, 0.2) is 24.4 Å². The van der Waals surface area contributed by atoms with Gasteiger partial charge in [0, 0.05) is 17.7 Å². The van der Waals surface area contributed by atoms with Crippen molar-refractivity contribution in [3.63, 3.8) is 0 Å². The van der Waals surface area contributed by atoms with Gasteiger partial charge in [-0.15, -0.1) is 5.10 Å². The van der Waals surface area contributed by atoms with Crippen molar-refractivity contribution in [3.8, 4) is 11.7 Å². The van der Waals surface area contributed by atoms with Crippen LogP contribution in [0.1, 0.15) is 30.1 Å². The Morgan fingerprint density at radius 2 is 2.24 bits per heavy atom. The highest BCUT2D eigenvalue weighted by atomic mass is 19.1. The van der Waals surface area contributed by atoms with E-state index in [-0.39, 0.29) is 16.8 Å². The number of halogens is 1. The fourth-order valence-corrected chi connectivity index (χ4v) is 1.85. The Kier molecular flexibility index (Phi) is 3.12. The average Bonchev–Trinajstić information content (AvgIpc) is 3.00. The van der Waals surface area contributed by atoms with Crippen LogP contribution in [0.3, 0.4) is 0 Å². The minimum Gasteiger partial charge on any atom is -0.476 e.